The van der Waals surface area contributed by atoms with Crippen molar-refractivity contribution in [1.29, 1.82) is 0 Å². The molecule has 0 aliphatic carbocycles. The lowest BCUT2D eigenvalue weighted by atomic mass is 10.1. The highest BCUT2D eigenvalue weighted by Gasteiger charge is 2.14. The summed E-state index contributed by atoms with van der Waals surface area (Å²) in [7, 11) is -2.95. The van der Waals surface area contributed by atoms with Crippen LogP contribution < -0.4 is 5.32 Å². The van der Waals surface area contributed by atoms with E-state index in [1.54, 1.807) is 6.92 Å². The molecule has 0 aromatic rings. The highest BCUT2D eigenvalue weighted by atomic mass is 32.2. The molecule has 0 rings (SSSR count). The molecular weight excluding hydrogens is 229 g/mol. The molecule has 1 unspecified atom stereocenters. The molecule has 0 aromatic carbocycles. The van der Waals surface area contributed by atoms with E-state index in [-0.39, 0.29) is 23.6 Å². The molecule has 1 atom stereocenters. The minimum absolute atomic E-state index is 0.0967. The van der Waals surface area contributed by atoms with Crippen molar-refractivity contribution >= 4 is 9.84 Å². The second kappa shape index (κ2) is 6.55. The first-order valence-electron chi connectivity index (χ1n) is 5.76. The molecule has 98 valence electrons. The molecule has 0 bridgehead atoms. The smallest absolute Gasteiger partial charge is 0.150 e. The van der Waals surface area contributed by atoms with Gasteiger partial charge in [-0.3, -0.25) is 0 Å². The Hall–Kier alpha value is -0.160. The molecule has 0 aromatic heterocycles. The van der Waals surface area contributed by atoms with Gasteiger partial charge in [-0.2, -0.15) is 0 Å². The standard InChI is InChI=1S/C11H24FNO2S/c1-5-16(14,15)8-6-7-10(12)9-13-11(2,3)4/h10,13H,5-9H2,1-4H3. The van der Waals surface area contributed by atoms with Gasteiger partial charge in [0.25, 0.3) is 0 Å². The van der Waals surface area contributed by atoms with Gasteiger partial charge in [-0.1, -0.05) is 6.92 Å². The largest absolute Gasteiger partial charge is 0.309 e. The van der Waals surface area contributed by atoms with Gasteiger partial charge in [0.2, 0.25) is 0 Å². The molecule has 0 saturated heterocycles. The molecule has 0 saturated carbocycles. The summed E-state index contributed by atoms with van der Waals surface area (Å²) in [5.74, 6) is 0.240. The van der Waals surface area contributed by atoms with Gasteiger partial charge in [0.15, 0.2) is 0 Å². The van der Waals surface area contributed by atoms with Crippen molar-refractivity contribution in [2.24, 2.45) is 0 Å². The summed E-state index contributed by atoms with van der Waals surface area (Å²) in [6, 6.07) is 0. The Bertz CT molecular complexity index is 283. The minimum Gasteiger partial charge on any atom is -0.309 e. The Morgan fingerprint density at radius 1 is 1.31 bits per heavy atom. The van der Waals surface area contributed by atoms with Gasteiger partial charge >= 0.3 is 0 Å². The third kappa shape index (κ3) is 9.09. The monoisotopic (exact) mass is 253 g/mol. The normalized spacial score (nSPS) is 15.1. The van der Waals surface area contributed by atoms with E-state index in [9.17, 15) is 12.8 Å². The summed E-state index contributed by atoms with van der Waals surface area (Å²) < 4.78 is 35.7. The van der Waals surface area contributed by atoms with Crippen LogP contribution >= 0.6 is 0 Å². The maximum Gasteiger partial charge on any atom is 0.150 e. The molecule has 0 radical (unpaired) electrons. The van der Waals surface area contributed by atoms with Gasteiger partial charge in [-0.15, -0.1) is 0 Å². The maximum atomic E-state index is 13.4. The summed E-state index contributed by atoms with van der Waals surface area (Å²) in [4.78, 5) is 0. The third-order valence-corrected chi connectivity index (χ3v) is 4.06. The van der Waals surface area contributed by atoms with E-state index in [4.69, 9.17) is 0 Å². The fourth-order valence-corrected chi connectivity index (χ4v) is 2.08. The number of nitrogens with one attached hydrogen (secondary N) is 1. The third-order valence-electron chi connectivity index (χ3n) is 2.27. The van der Waals surface area contributed by atoms with Crippen LogP contribution in [-0.2, 0) is 9.84 Å². The predicted molar refractivity (Wildman–Crippen MR) is 66.2 cm³/mol. The number of hydrogen-bond donors (Lipinski definition) is 1. The molecule has 3 nitrogen and oxygen atoms in total. The molecule has 0 aliphatic heterocycles. The van der Waals surface area contributed by atoms with Crippen LogP contribution in [0.3, 0.4) is 0 Å². The number of sulfone groups is 1. The van der Waals surface area contributed by atoms with Crippen molar-refractivity contribution < 1.29 is 12.8 Å². The van der Waals surface area contributed by atoms with E-state index in [0.29, 0.717) is 12.8 Å². The van der Waals surface area contributed by atoms with Gasteiger partial charge in [0.1, 0.15) is 16.0 Å². The molecule has 16 heavy (non-hydrogen) atoms. The van der Waals surface area contributed by atoms with Crippen LogP contribution in [0, 0.1) is 0 Å². The first-order chi connectivity index (χ1) is 7.16. The van der Waals surface area contributed by atoms with Crippen LogP contribution in [0.1, 0.15) is 40.5 Å². The van der Waals surface area contributed by atoms with E-state index in [1.165, 1.54) is 0 Å². The fourth-order valence-electron chi connectivity index (χ4n) is 1.19. The fraction of sp³-hybridized carbons (Fsp3) is 1.00. The van der Waals surface area contributed by atoms with Crippen LogP contribution in [0.5, 0.6) is 0 Å². The Morgan fingerprint density at radius 3 is 2.31 bits per heavy atom. The average molecular weight is 253 g/mol. The molecule has 0 aliphatic rings. The first-order valence-corrected chi connectivity index (χ1v) is 7.58. The number of hydrogen-bond acceptors (Lipinski definition) is 3. The van der Waals surface area contributed by atoms with Gasteiger partial charge in [-0.25, -0.2) is 12.8 Å². The molecule has 0 amide bonds. The van der Waals surface area contributed by atoms with Crippen LogP contribution in [0.25, 0.3) is 0 Å². The summed E-state index contributed by atoms with van der Waals surface area (Å²) in [5, 5.41) is 3.06. The van der Waals surface area contributed by atoms with E-state index in [2.05, 4.69) is 5.32 Å². The van der Waals surface area contributed by atoms with Crippen molar-refractivity contribution in [1.82, 2.24) is 5.32 Å². The molecule has 5 heteroatoms. The van der Waals surface area contributed by atoms with Crippen LogP contribution in [-0.4, -0.2) is 38.2 Å². The summed E-state index contributed by atoms with van der Waals surface area (Å²) in [6.07, 6.45) is -0.253. The average Bonchev–Trinajstić information content (AvgIpc) is 2.13. The van der Waals surface area contributed by atoms with E-state index < -0.39 is 16.0 Å². The van der Waals surface area contributed by atoms with E-state index >= 15 is 0 Å². The zero-order chi connectivity index (χ0) is 12.8. The molecule has 0 spiro atoms. The van der Waals surface area contributed by atoms with Crippen molar-refractivity contribution in [2.75, 3.05) is 18.1 Å². The maximum absolute atomic E-state index is 13.4. The highest BCUT2D eigenvalue weighted by molar-refractivity contribution is 7.91. The second-order valence-electron chi connectivity index (χ2n) is 5.11. The van der Waals surface area contributed by atoms with Gasteiger partial charge in [0, 0.05) is 17.8 Å². The van der Waals surface area contributed by atoms with Gasteiger partial charge < -0.3 is 5.32 Å². The Balaban J connectivity index is 3.71. The molecule has 0 heterocycles. The minimum atomic E-state index is -2.95. The zero-order valence-electron chi connectivity index (χ0n) is 10.7. The molecule has 0 fully saturated rings. The van der Waals surface area contributed by atoms with Crippen molar-refractivity contribution in [3.8, 4) is 0 Å². The highest BCUT2D eigenvalue weighted by Crippen LogP contribution is 2.06. The number of alkyl halides is 1. The summed E-state index contributed by atoms with van der Waals surface area (Å²) in [6.45, 7) is 7.82. The number of halogens is 1. The van der Waals surface area contributed by atoms with E-state index in [0.717, 1.165) is 0 Å². The molecular formula is C11H24FNO2S. The van der Waals surface area contributed by atoms with Crippen molar-refractivity contribution in [2.45, 2.75) is 52.2 Å². The van der Waals surface area contributed by atoms with Crippen molar-refractivity contribution in [3.05, 3.63) is 0 Å². The second-order valence-corrected chi connectivity index (χ2v) is 7.58. The van der Waals surface area contributed by atoms with Crippen LogP contribution in [0.15, 0.2) is 0 Å². The first kappa shape index (κ1) is 15.8. The Morgan fingerprint density at radius 2 is 1.88 bits per heavy atom. The number of rotatable bonds is 7. The van der Waals surface area contributed by atoms with Crippen LogP contribution in [0.4, 0.5) is 4.39 Å². The van der Waals surface area contributed by atoms with Crippen LogP contribution in [0.2, 0.25) is 0 Å². The lowest BCUT2D eigenvalue weighted by Gasteiger charge is -2.21. The van der Waals surface area contributed by atoms with E-state index in [1.807, 2.05) is 20.8 Å². The SMILES string of the molecule is CCS(=O)(=O)CCCC(F)CNC(C)(C)C. The predicted octanol–water partition coefficient (Wildman–Crippen LogP) is 1.93. The summed E-state index contributed by atoms with van der Waals surface area (Å²) >= 11 is 0. The van der Waals surface area contributed by atoms with Crippen molar-refractivity contribution in [3.63, 3.8) is 0 Å². The topological polar surface area (TPSA) is 46.2 Å². The zero-order valence-corrected chi connectivity index (χ0v) is 11.5. The lowest BCUT2D eigenvalue weighted by Crippen LogP contribution is -2.39. The van der Waals surface area contributed by atoms with Gasteiger partial charge in [-0.05, 0) is 33.6 Å². The van der Waals surface area contributed by atoms with Gasteiger partial charge in [0.05, 0.1) is 5.75 Å². The molecule has 1 N–H and O–H groups in total. The quantitative estimate of drug-likeness (QED) is 0.754. The Kier molecular flexibility index (Phi) is 6.48. The summed E-state index contributed by atoms with van der Waals surface area (Å²) in [5.41, 5.74) is -0.0974. The lowest BCUT2D eigenvalue weighted by molar-refractivity contribution is 0.271. The Labute approximate surface area is 98.7 Å².